The molecule has 0 spiro atoms. The van der Waals surface area contributed by atoms with E-state index in [-0.39, 0.29) is 11.8 Å². The largest absolute Gasteiger partial charge is 0.348 e. The lowest BCUT2D eigenvalue weighted by atomic mass is 10.1. The van der Waals surface area contributed by atoms with Gasteiger partial charge in [0.2, 0.25) is 0 Å². The molecule has 2 N–H and O–H groups in total. The summed E-state index contributed by atoms with van der Waals surface area (Å²) in [4.78, 5) is 28.6. The minimum Gasteiger partial charge on any atom is -0.348 e. The molecule has 6 heteroatoms. The van der Waals surface area contributed by atoms with E-state index < -0.39 is 0 Å². The number of nitrogens with zero attached hydrogens (tertiary/aromatic N) is 1. The van der Waals surface area contributed by atoms with Crippen molar-refractivity contribution in [3.8, 4) is 0 Å². The van der Waals surface area contributed by atoms with E-state index in [1.54, 1.807) is 42.6 Å². The Morgan fingerprint density at radius 3 is 2.50 bits per heavy atom. The first-order valence-electron chi connectivity index (χ1n) is 7.96. The van der Waals surface area contributed by atoms with Crippen molar-refractivity contribution in [1.82, 2.24) is 10.3 Å². The monoisotopic (exact) mass is 409 g/mol. The molecule has 0 aliphatic heterocycles. The molecule has 0 atom stereocenters. The molecule has 26 heavy (non-hydrogen) atoms. The lowest BCUT2D eigenvalue weighted by Crippen LogP contribution is -2.24. The molecule has 0 radical (unpaired) electrons. The SMILES string of the molecule is O=C(NCc1ccccc1NC(=O)c1cccc(Br)c1)c1cccnc1. The summed E-state index contributed by atoms with van der Waals surface area (Å²) in [6.45, 7) is 0.294. The van der Waals surface area contributed by atoms with Crippen molar-refractivity contribution in [3.05, 3.63) is 94.2 Å². The summed E-state index contributed by atoms with van der Waals surface area (Å²) in [5, 5.41) is 5.73. The van der Waals surface area contributed by atoms with E-state index in [0.29, 0.717) is 23.4 Å². The number of para-hydroxylation sites is 1. The fraction of sp³-hybridized carbons (Fsp3) is 0.0500. The van der Waals surface area contributed by atoms with Crippen LogP contribution in [0, 0.1) is 0 Å². The first kappa shape index (κ1) is 17.8. The zero-order chi connectivity index (χ0) is 18.4. The van der Waals surface area contributed by atoms with Gasteiger partial charge in [0, 0.05) is 34.7 Å². The minimum atomic E-state index is -0.216. The van der Waals surface area contributed by atoms with Crippen molar-refractivity contribution in [2.45, 2.75) is 6.54 Å². The number of halogens is 1. The van der Waals surface area contributed by atoms with E-state index in [1.165, 1.54) is 6.20 Å². The van der Waals surface area contributed by atoms with Crippen LogP contribution in [0.25, 0.3) is 0 Å². The van der Waals surface area contributed by atoms with Crippen LogP contribution in [-0.4, -0.2) is 16.8 Å². The number of rotatable bonds is 5. The predicted molar refractivity (Wildman–Crippen MR) is 104 cm³/mol. The third-order valence-corrected chi connectivity index (χ3v) is 4.21. The van der Waals surface area contributed by atoms with Gasteiger partial charge in [-0.15, -0.1) is 0 Å². The molecule has 0 fully saturated rings. The fourth-order valence-electron chi connectivity index (χ4n) is 2.40. The molecule has 0 saturated carbocycles. The molecular weight excluding hydrogens is 394 g/mol. The summed E-state index contributed by atoms with van der Waals surface area (Å²) in [5.74, 6) is -0.427. The number of nitrogens with one attached hydrogen (secondary N) is 2. The van der Waals surface area contributed by atoms with Crippen LogP contribution in [0.1, 0.15) is 26.3 Å². The quantitative estimate of drug-likeness (QED) is 0.668. The van der Waals surface area contributed by atoms with E-state index in [4.69, 9.17) is 0 Å². The van der Waals surface area contributed by atoms with Gasteiger partial charge in [-0.25, -0.2) is 0 Å². The van der Waals surface area contributed by atoms with Gasteiger partial charge >= 0.3 is 0 Å². The highest BCUT2D eigenvalue weighted by Crippen LogP contribution is 2.18. The van der Waals surface area contributed by atoms with Crippen molar-refractivity contribution in [3.63, 3.8) is 0 Å². The van der Waals surface area contributed by atoms with Gasteiger partial charge in [0.25, 0.3) is 11.8 Å². The van der Waals surface area contributed by atoms with Gasteiger partial charge in [0.1, 0.15) is 0 Å². The number of benzene rings is 2. The Labute approximate surface area is 159 Å². The molecule has 0 unspecified atom stereocenters. The number of hydrogen-bond donors (Lipinski definition) is 2. The second-order valence-corrected chi connectivity index (χ2v) is 6.46. The molecule has 130 valence electrons. The number of anilines is 1. The van der Waals surface area contributed by atoms with Crippen LogP contribution in [0.4, 0.5) is 5.69 Å². The highest BCUT2D eigenvalue weighted by atomic mass is 79.9. The van der Waals surface area contributed by atoms with Crippen molar-refractivity contribution in [2.75, 3.05) is 5.32 Å². The van der Waals surface area contributed by atoms with Crippen LogP contribution in [0.15, 0.2) is 77.5 Å². The maximum absolute atomic E-state index is 12.5. The number of carbonyl (C=O) groups excluding carboxylic acids is 2. The summed E-state index contributed by atoms with van der Waals surface area (Å²) in [7, 11) is 0. The smallest absolute Gasteiger partial charge is 0.255 e. The Balaban J connectivity index is 1.70. The second kappa shape index (κ2) is 8.40. The van der Waals surface area contributed by atoms with E-state index >= 15 is 0 Å². The number of amides is 2. The Bertz CT molecular complexity index is 929. The number of hydrogen-bond acceptors (Lipinski definition) is 3. The first-order chi connectivity index (χ1) is 12.6. The third kappa shape index (κ3) is 4.55. The molecule has 5 nitrogen and oxygen atoms in total. The van der Waals surface area contributed by atoms with E-state index in [1.807, 2.05) is 24.3 Å². The molecule has 2 aromatic carbocycles. The van der Waals surface area contributed by atoms with Gasteiger partial charge in [0.05, 0.1) is 5.56 Å². The van der Waals surface area contributed by atoms with Gasteiger partial charge in [-0.3, -0.25) is 14.6 Å². The lowest BCUT2D eigenvalue weighted by molar-refractivity contribution is 0.0950. The number of aromatic nitrogens is 1. The Kier molecular flexibility index (Phi) is 5.76. The molecule has 3 rings (SSSR count). The third-order valence-electron chi connectivity index (χ3n) is 3.72. The molecule has 2 amide bonds. The van der Waals surface area contributed by atoms with E-state index in [0.717, 1.165) is 10.0 Å². The average Bonchev–Trinajstić information content (AvgIpc) is 2.67. The topological polar surface area (TPSA) is 71.1 Å². The van der Waals surface area contributed by atoms with Crippen molar-refractivity contribution in [2.24, 2.45) is 0 Å². The van der Waals surface area contributed by atoms with Crippen LogP contribution in [0.3, 0.4) is 0 Å². The number of pyridine rings is 1. The summed E-state index contributed by atoms with van der Waals surface area (Å²) < 4.78 is 0.835. The Morgan fingerprint density at radius 1 is 0.923 bits per heavy atom. The summed E-state index contributed by atoms with van der Waals surface area (Å²) in [6, 6.07) is 17.9. The molecule has 0 aliphatic carbocycles. The highest BCUT2D eigenvalue weighted by Gasteiger charge is 2.11. The molecule has 1 aromatic heterocycles. The van der Waals surface area contributed by atoms with E-state index in [2.05, 4.69) is 31.5 Å². The molecule has 3 aromatic rings. The first-order valence-corrected chi connectivity index (χ1v) is 8.76. The van der Waals surface area contributed by atoms with Crippen LogP contribution < -0.4 is 10.6 Å². The maximum atomic E-state index is 12.5. The van der Waals surface area contributed by atoms with Crippen LogP contribution in [0.5, 0.6) is 0 Å². The number of carbonyl (C=O) groups is 2. The summed E-state index contributed by atoms with van der Waals surface area (Å²) in [6.07, 6.45) is 3.12. The molecular formula is C20H16BrN3O2. The molecule has 0 aliphatic rings. The standard InChI is InChI=1S/C20H16BrN3O2/c21-17-8-3-6-14(11-17)20(26)24-18-9-2-1-5-15(18)13-23-19(25)16-7-4-10-22-12-16/h1-12H,13H2,(H,23,25)(H,24,26). The van der Waals surface area contributed by atoms with Crippen LogP contribution in [0.2, 0.25) is 0 Å². The van der Waals surface area contributed by atoms with Crippen molar-refractivity contribution >= 4 is 33.4 Å². The van der Waals surface area contributed by atoms with Crippen molar-refractivity contribution in [1.29, 1.82) is 0 Å². The predicted octanol–water partition coefficient (Wildman–Crippen LogP) is 4.03. The Hall–Kier alpha value is -2.99. The maximum Gasteiger partial charge on any atom is 0.255 e. The lowest BCUT2D eigenvalue weighted by Gasteiger charge is -2.12. The zero-order valence-electron chi connectivity index (χ0n) is 13.8. The molecule has 0 bridgehead atoms. The van der Waals surface area contributed by atoms with Gasteiger partial charge in [-0.1, -0.05) is 40.2 Å². The van der Waals surface area contributed by atoms with Crippen molar-refractivity contribution < 1.29 is 9.59 Å². The highest BCUT2D eigenvalue weighted by molar-refractivity contribution is 9.10. The second-order valence-electron chi connectivity index (χ2n) is 5.55. The zero-order valence-corrected chi connectivity index (χ0v) is 15.4. The van der Waals surface area contributed by atoms with Gasteiger partial charge in [-0.05, 0) is 42.0 Å². The minimum absolute atomic E-state index is 0.211. The normalized spacial score (nSPS) is 10.2. The Morgan fingerprint density at radius 2 is 1.73 bits per heavy atom. The van der Waals surface area contributed by atoms with Crippen LogP contribution >= 0.6 is 15.9 Å². The van der Waals surface area contributed by atoms with Gasteiger partial charge in [0.15, 0.2) is 0 Å². The summed E-state index contributed by atoms with van der Waals surface area (Å²) in [5.41, 5.74) is 2.51. The van der Waals surface area contributed by atoms with Gasteiger partial charge < -0.3 is 10.6 Å². The molecule has 0 saturated heterocycles. The summed E-state index contributed by atoms with van der Waals surface area (Å²) >= 11 is 3.36. The fourth-order valence-corrected chi connectivity index (χ4v) is 2.79. The average molecular weight is 410 g/mol. The van der Waals surface area contributed by atoms with Gasteiger partial charge in [-0.2, -0.15) is 0 Å². The van der Waals surface area contributed by atoms with E-state index in [9.17, 15) is 9.59 Å². The van der Waals surface area contributed by atoms with Crippen LogP contribution in [-0.2, 0) is 6.54 Å². The molecule has 1 heterocycles.